The molecule has 5 heteroatoms. The minimum atomic E-state index is -0.483. The second-order valence-corrected chi connectivity index (χ2v) is 4.34. The molecule has 0 heterocycles. The van der Waals surface area contributed by atoms with Crippen molar-refractivity contribution in [3.63, 3.8) is 0 Å². The lowest BCUT2D eigenvalue weighted by molar-refractivity contribution is 0.154. The first-order valence-electron chi connectivity index (χ1n) is 5.39. The topological polar surface area (TPSA) is 41.5 Å². The SMILES string of the molecule is COC[C@@H](C)N[C@H](CO)c1ccc(Cl)c(F)c1. The molecular weight excluding hydrogens is 245 g/mol. The van der Waals surface area contributed by atoms with Gasteiger partial charge in [-0.15, -0.1) is 0 Å². The monoisotopic (exact) mass is 261 g/mol. The fourth-order valence-corrected chi connectivity index (χ4v) is 1.74. The number of ether oxygens (including phenoxy) is 1. The zero-order valence-corrected chi connectivity index (χ0v) is 10.7. The first-order valence-corrected chi connectivity index (χ1v) is 5.77. The van der Waals surface area contributed by atoms with E-state index < -0.39 is 5.82 Å². The molecule has 96 valence electrons. The summed E-state index contributed by atoms with van der Waals surface area (Å²) >= 11 is 5.61. The Balaban J connectivity index is 2.75. The van der Waals surface area contributed by atoms with E-state index in [4.69, 9.17) is 16.3 Å². The molecule has 17 heavy (non-hydrogen) atoms. The third-order valence-electron chi connectivity index (χ3n) is 2.43. The van der Waals surface area contributed by atoms with E-state index in [1.807, 2.05) is 6.92 Å². The maximum Gasteiger partial charge on any atom is 0.142 e. The van der Waals surface area contributed by atoms with E-state index in [0.717, 1.165) is 0 Å². The Morgan fingerprint density at radius 2 is 2.24 bits per heavy atom. The van der Waals surface area contributed by atoms with Crippen molar-refractivity contribution >= 4 is 11.6 Å². The van der Waals surface area contributed by atoms with Crippen molar-refractivity contribution in [1.29, 1.82) is 0 Å². The van der Waals surface area contributed by atoms with E-state index in [1.54, 1.807) is 13.2 Å². The zero-order valence-electron chi connectivity index (χ0n) is 9.91. The van der Waals surface area contributed by atoms with Gasteiger partial charge in [0.05, 0.1) is 24.3 Å². The second-order valence-electron chi connectivity index (χ2n) is 3.93. The lowest BCUT2D eigenvalue weighted by Crippen LogP contribution is -2.35. The van der Waals surface area contributed by atoms with Crippen LogP contribution < -0.4 is 5.32 Å². The Hall–Kier alpha value is -0.680. The maximum absolute atomic E-state index is 13.3. The Morgan fingerprint density at radius 3 is 2.76 bits per heavy atom. The van der Waals surface area contributed by atoms with Crippen LogP contribution in [0.5, 0.6) is 0 Å². The van der Waals surface area contributed by atoms with E-state index >= 15 is 0 Å². The summed E-state index contributed by atoms with van der Waals surface area (Å²) in [5, 5.41) is 12.5. The third kappa shape index (κ3) is 4.24. The van der Waals surface area contributed by atoms with Gasteiger partial charge in [-0.25, -0.2) is 4.39 Å². The molecule has 0 saturated heterocycles. The van der Waals surface area contributed by atoms with Gasteiger partial charge in [0.25, 0.3) is 0 Å². The number of aliphatic hydroxyl groups excluding tert-OH is 1. The van der Waals surface area contributed by atoms with Crippen molar-refractivity contribution in [2.45, 2.75) is 19.0 Å². The second kappa shape index (κ2) is 6.91. The van der Waals surface area contributed by atoms with Crippen LogP contribution in [-0.2, 0) is 4.74 Å². The summed E-state index contributed by atoms with van der Waals surface area (Å²) in [7, 11) is 1.61. The molecule has 0 saturated carbocycles. The molecular formula is C12H17ClFNO2. The van der Waals surface area contributed by atoms with Gasteiger partial charge in [0.15, 0.2) is 0 Å². The van der Waals surface area contributed by atoms with Gasteiger partial charge in [0, 0.05) is 13.2 Å². The molecule has 2 atom stereocenters. The maximum atomic E-state index is 13.3. The van der Waals surface area contributed by atoms with Gasteiger partial charge < -0.3 is 15.2 Å². The van der Waals surface area contributed by atoms with Crippen LogP contribution in [0.3, 0.4) is 0 Å². The Bertz CT molecular complexity index is 362. The molecule has 1 aromatic carbocycles. The molecule has 3 nitrogen and oxygen atoms in total. The lowest BCUT2D eigenvalue weighted by atomic mass is 10.1. The summed E-state index contributed by atoms with van der Waals surface area (Å²) in [6.07, 6.45) is 0. The Kier molecular flexibility index (Phi) is 5.85. The molecule has 0 aliphatic rings. The highest BCUT2D eigenvalue weighted by Gasteiger charge is 2.14. The molecule has 1 aromatic rings. The van der Waals surface area contributed by atoms with Gasteiger partial charge in [-0.1, -0.05) is 17.7 Å². The number of aliphatic hydroxyl groups is 1. The largest absolute Gasteiger partial charge is 0.394 e. The highest BCUT2D eigenvalue weighted by Crippen LogP contribution is 2.20. The number of halogens is 2. The minimum Gasteiger partial charge on any atom is -0.394 e. The van der Waals surface area contributed by atoms with E-state index in [1.165, 1.54) is 12.1 Å². The predicted octanol–water partition coefficient (Wildman–Crippen LogP) is 2.14. The molecule has 0 aromatic heterocycles. The molecule has 2 N–H and O–H groups in total. The number of benzene rings is 1. The van der Waals surface area contributed by atoms with Crippen molar-refractivity contribution in [1.82, 2.24) is 5.32 Å². The number of nitrogens with one attached hydrogen (secondary N) is 1. The predicted molar refractivity (Wildman–Crippen MR) is 65.7 cm³/mol. The first-order chi connectivity index (χ1) is 8.08. The molecule has 1 rings (SSSR count). The van der Waals surface area contributed by atoms with Crippen LogP contribution in [0.4, 0.5) is 4.39 Å². The summed E-state index contributed by atoms with van der Waals surface area (Å²) in [5.41, 5.74) is 0.664. The van der Waals surface area contributed by atoms with Crippen LogP contribution in [0.25, 0.3) is 0 Å². The van der Waals surface area contributed by atoms with Gasteiger partial charge in [0.2, 0.25) is 0 Å². The normalized spacial score (nSPS) is 14.6. The number of hydrogen-bond acceptors (Lipinski definition) is 3. The van der Waals surface area contributed by atoms with Gasteiger partial charge in [0.1, 0.15) is 5.82 Å². The number of hydrogen-bond donors (Lipinski definition) is 2. The van der Waals surface area contributed by atoms with Gasteiger partial charge in [-0.05, 0) is 24.6 Å². The summed E-state index contributed by atoms with van der Waals surface area (Å²) in [5.74, 6) is -0.483. The van der Waals surface area contributed by atoms with Crippen molar-refractivity contribution in [3.05, 3.63) is 34.6 Å². The van der Waals surface area contributed by atoms with Crippen molar-refractivity contribution in [2.24, 2.45) is 0 Å². The summed E-state index contributed by atoms with van der Waals surface area (Å²) < 4.78 is 18.3. The fraction of sp³-hybridized carbons (Fsp3) is 0.500. The lowest BCUT2D eigenvalue weighted by Gasteiger charge is -2.21. The molecule has 0 spiro atoms. The Morgan fingerprint density at radius 1 is 1.53 bits per heavy atom. The Labute approximate surface area is 106 Å². The molecule has 0 radical (unpaired) electrons. The van der Waals surface area contributed by atoms with Gasteiger partial charge in [-0.3, -0.25) is 0 Å². The van der Waals surface area contributed by atoms with Gasteiger partial charge >= 0.3 is 0 Å². The minimum absolute atomic E-state index is 0.0656. The fourth-order valence-electron chi connectivity index (χ4n) is 1.63. The molecule has 0 unspecified atom stereocenters. The van der Waals surface area contributed by atoms with Crippen LogP contribution in [-0.4, -0.2) is 31.5 Å². The quantitative estimate of drug-likeness (QED) is 0.824. The van der Waals surface area contributed by atoms with E-state index in [2.05, 4.69) is 5.32 Å². The van der Waals surface area contributed by atoms with E-state index in [9.17, 15) is 9.50 Å². The summed E-state index contributed by atoms with van der Waals surface area (Å²) in [6.45, 7) is 2.33. The highest BCUT2D eigenvalue weighted by molar-refractivity contribution is 6.30. The van der Waals surface area contributed by atoms with Crippen molar-refractivity contribution in [2.75, 3.05) is 20.3 Å². The first kappa shape index (κ1) is 14.4. The van der Waals surface area contributed by atoms with Crippen molar-refractivity contribution in [3.8, 4) is 0 Å². The molecule has 0 aliphatic heterocycles. The van der Waals surface area contributed by atoms with Crippen LogP contribution in [0.1, 0.15) is 18.5 Å². The molecule has 0 bridgehead atoms. The van der Waals surface area contributed by atoms with Crippen molar-refractivity contribution < 1.29 is 14.2 Å². The van der Waals surface area contributed by atoms with Crippen LogP contribution >= 0.6 is 11.6 Å². The number of methoxy groups -OCH3 is 1. The van der Waals surface area contributed by atoms with E-state index in [-0.39, 0.29) is 23.7 Å². The average molecular weight is 262 g/mol. The standard InChI is InChI=1S/C12H17ClFNO2/c1-8(7-17-2)15-12(6-16)9-3-4-10(13)11(14)5-9/h3-5,8,12,15-16H,6-7H2,1-2H3/t8-,12-/m1/s1. The molecule has 0 fully saturated rings. The number of rotatable bonds is 6. The van der Waals surface area contributed by atoms with Crippen LogP contribution in [0.15, 0.2) is 18.2 Å². The summed E-state index contributed by atoms with van der Waals surface area (Å²) in [6, 6.07) is 4.24. The molecule has 0 aliphatic carbocycles. The zero-order chi connectivity index (χ0) is 12.8. The third-order valence-corrected chi connectivity index (χ3v) is 2.74. The van der Waals surface area contributed by atoms with Crippen LogP contribution in [0.2, 0.25) is 5.02 Å². The molecule has 0 amide bonds. The van der Waals surface area contributed by atoms with Crippen LogP contribution in [0, 0.1) is 5.82 Å². The smallest absolute Gasteiger partial charge is 0.142 e. The van der Waals surface area contributed by atoms with E-state index in [0.29, 0.717) is 12.2 Å². The average Bonchev–Trinajstić information content (AvgIpc) is 2.30. The van der Waals surface area contributed by atoms with Gasteiger partial charge in [-0.2, -0.15) is 0 Å². The summed E-state index contributed by atoms with van der Waals surface area (Å²) in [4.78, 5) is 0. The highest BCUT2D eigenvalue weighted by atomic mass is 35.5.